The molecule has 0 radical (unpaired) electrons. The normalized spacial score (nSPS) is 28.8. The fourth-order valence-corrected chi connectivity index (χ4v) is 5.93. The van der Waals surface area contributed by atoms with Crippen molar-refractivity contribution in [1.82, 2.24) is 19.6 Å². The number of imide groups is 1. The summed E-state index contributed by atoms with van der Waals surface area (Å²) in [4.78, 5) is 46.8. The van der Waals surface area contributed by atoms with Crippen LogP contribution in [0.4, 0.5) is 0 Å². The maximum Gasteiger partial charge on any atom is 0.337 e. The van der Waals surface area contributed by atoms with Gasteiger partial charge in [0.1, 0.15) is 5.54 Å². The van der Waals surface area contributed by atoms with E-state index in [1.807, 2.05) is 4.90 Å². The number of benzene rings is 1. The largest absolute Gasteiger partial charge is 0.465 e. The van der Waals surface area contributed by atoms with Crippen LogP contribution >= 0.6 is 0 Å². The number of hydrogen-bond donors (Lipinski definition) is 1. The molecular formula is C24H32N4O5. The SMILES string of the molecule is COC(=O)c1ccc(CN2C(=O)[C@@H]3C[C@@H](O)CN3C3(CN(C4CCN(C)CC4)C3)C2=O)cc1. The van der Waals surface area contributed by atoms with E-state index < -0.39 is 23.7 Å². The number of hydrogen-bond acceptors (Lipinski definition) is 8. The Morgan fingerprint density at radius 2 is 1.82 bits per heavy atom. The maximum atomic E-state index is 13.8. The number of piperidine rings is 1. The van der Waals surface area contributed by atoms with Gasteiger partial charge in [-0.1, -0.05) is 12.1 Å². The van der Waals surface area contributed by atoms with Gasteiger partial charge in [0.25, 0.3) is 5.91 Å². The Morgan fingerprint density at radius 1 is 1.15 bits per heavy atom. The first kappa shape index (κ1) is 22.5. The number of carbonyl (C=O) groups is 3. The minimum absolute atomic E-state index is 0.162. The Bertz CT molecular complexity index is 937. The molecular weight excluding hydrogens is 424 g/mol. The minimum Gasteiger partial charge on any atom is -0.465 e. The smallest absolute Gasteiger partial charge is 0.337 e. The predicted octanol–water partition coefficient (Wildman–Crippen LogP) is -0.0742. The van der Waals surface area contributed by atoms with E-state index in [9.17, 15) is 19.5 Å². The van der Waals surface area contributed by atoms with Gasteiger partial charge in [-0.2, -0.15) is 0 Å². The van der Waals surface area contributed by atoms with Crippen LogP contribution in [0.5, 0.6) is 0 Å². The van der Waals surface area contributed by atoms with E-state index in [4.69, 9.17) is 4.74 Å². The van der Waals surface area contributed by atoms with E-state index in [1.54, 1.807) is 24.3 Å². The summed E-state index contributed by atoms with van der Waals surface area (Å²) in [5.41, 5.74) is 0.454. The number of methoxy groups -OCH3 is 1. The summed E-state index contributed by atoms with van der Waals surface area (Å²) in [6.07, 6.45) is 1.93. The molecule has 2 atom stereocenters. The lowest BCUT2D eigenvalue weighted by Crippen LogP contribution is -2.82. The topological polar surface area (TPSA) is 93.6 Å². The second-order valence-corrected chi connectivity index (χ2v) is 9.95. The van der Waals surface area contributed by atoms with Crippen LogP contribution in [0.15, 0.2) is 24.3 Å². The average Bonchev–Trinajstić information content (AvgIpc) is 3.19. The Hall–Kier alpha value is -2.33. The number of aliphatic hydroxyl groups is 1. The van der Waals surface area contributed by atoms with Gasteiger partial charge in [-0.3, -0.25) is 24.3 Å². The molecule has 0 unspecified atom stereocenters. The van der Waals surface area contributed by atoms with E-state index in [1.165, 1.54) is 12.0 Å². The number of likely N-dealkylation sites (tertiary alicyclic amines) is 2. The van der Waals surface area contributed by atoms with E-state index >= 15 is 0 Å². The lowest BCUT2D eigenvalue weighted by molar-refractivity contribution is -0.184. The van der Waals surface area contributed by atoms with Gasteiger partial charge in [0.15, 0.2) is 0 Å². The Balaban J connectivity index is 1.36. The number of nitrogens with zero attached hydrogens (tertiary/aromatic N) is 4. The van der Waals surface area contributed by atoms with Crippen molar-refractivity contribution >= 4 is 17.8 Å². The van der Waals surface area contributed by atoms with Crippen LogP contribution in [0.2, 0.25) is 0 Å². The first-order chi connectivity index (χ1) is 15.8. The molecule has 4 aliphatic rings. The molecule has 0 saturated carbocycles. The van der Waals surface area contributed by atoms with Gasteiger partial charge >= 0.3 is 5.97 Å². The number of ether oxygens (including phenoxy) is 1. The van der Waals surface area contributed by atoms with Crippen LogP contribution in [0.25, 0.3) is 0 Å². The zero-order valence-corrected chi connectivity index (χ0v) is 19.3. The van der Waals surface area contributed by atoms with Crippen molar-refractivity contribution in [2.45, 2.75) is 49.5 Å². The quantitative estimate of drug-likeness (QED) is 0.497. The van der Waals surface area contributed by atoms with Crippen molar-refractivity contribution in [3.05, 3.63) is 35.4 Å². The molecule has 2 amide bonds. The maximum absolute atomic E-state index is 13.8. The summed E-state index contributed by atoms with van der Waals surface area (Å²) in [6.45, 7) is 3.85. The number of piperazine rings is 1. The molecule has 5 rings (SSSR count). The summed E-state index contributed by atoms with van der Waals surface area (Å²) in [7, 11) is 3.46. The highest BCUT2D eigenvalue weighted by Crippen LogP contribution is 2.42. The summed E-state index contributed by atoms with van der Waals surface area (Å²) < 4.78 is 4.74. The van der Waals surface area contributed by atoms with Gasteiger partial charge in [-0.25, -0.2) is 4.79 Å². The number of β-amino-alcohol motifs (C(OH)–C–C–N with tert-alkyl or cyclic N) is 1. The summed E-state index contributed by atoms with van der Waals surface area (Å²) in [6, 6.07) is 6.79. The molecule has 4 heterocycles. The third kappa shape index (κ3) is 3.77. The molecule has 178 valence electrons. The second kappa shape index (κ2) is 8.47. The summed E-state index contributed by atoms with van der Waals surface area (Å²) in [5.74, 6) is -0.833. The van der Waals surface area contributed by atoms with Crippen LogP contribution < -0.4 is 0 Å². The predicted molar refractivity (Wildman–Crippen MR) is 119 cm³/mol. The van der Waals surface area contributed by atoms with Crippen LogP contribution in [0.1, 0.15) is 35.2 Å². The zero-order valence-electron chi connectivity index (χ0n) is 19.3. The Labute approximate surface area is 193 Å². The van der Waals surface area contributed by atoms with E-state index in [-0.39, 0.29) is 18.4 Å². The number of fused-ring (bicyclic) bond motifs is 2. The van der Waals surface area contributed by atoms with Crippen molar-refractivity contribution in [2.75, 3.05) is 46.9 Å². The van der Waals surface area contributed by atoms with Gasteiger partial charge in [0, 0.05) is 25.7 Å². The molecule has 4 fully saturated rings. The average molecular weight is 457 g/mol. The van der Waals surface area contributed by atoms with Crippen molar-refractivity contribution in [3.63, 3.8) is 0 Å². The lowest BCUT2D eigenvalue weighted by atomic mass is 9.80. The van der Waals surface area contributed by atoms with Gasteiger partial charge in [0.2, 0.25) is 5.91 Å². The Morgan fingerprint density at radius 3 is 2.45 bits per heavy atom. The van der Waals surface area contributed by atoms with Gasteiger partial charge in [-0.05, 0) is 57.1 Å². The van der Waals surface area contributed by atoms with Crippen molar-refractivity contribution in [3.8, 4) is 0 Å². The molecule has 4 aliphatic heterocycles. The van der Waals surface area contributed by atoms with Crippen LogP contribution in [0.3, 0.4) is 0 Å². The van der Waals surface area contributed by atoms with Crippen molar-refractivity contribution in [1.29, 1.82) is 0 Å². The molecule has 4 saturated heterocycles. The van der Waals surface area contributed by atoms with Crippen LogP contribution in [-0.2, 0) is 20.9 Å². The second-order valence-electron chi connectivity index (χ2n) is 9.95. The zero-order chi connectivity index (χ0) is 23.3. The highest BCUT2D eigenvalue weighted by Gasteiger charge is 2.64. The molecule has 0 bridgehead atoms. The fraction of sp³-hybridized carbons (Fsp3) is 0.625. The van der Waals surface area contributed by atoms with Crippen LogP contribution in [-0.4, -0.2) is 113 Å². The molecule has 1 aromatic rings. The summed E-state index contributed by atoms with van der Waals surface area (Å²) >= 11 is 0. The molecule has 33 heavy (non-hydrogen) atoms. The van der Waals surface area contributed by atoms with E-state index in [0.29, 0.717) is 37.7 Å². The van der Waals surface area contributed by atoms with Crippen molar-refractivity contribution < 1.29 is 24.2 Å². The monoisotopic (exact) mass is 456 g/mol. The van der Waals surface area contributed by atoms with Gasteiger partial charge in [-0.15, -0.1) is 0 Å². The summed E-state index contributed by atoms with van der Waals surface area (Å²) in [5, 5.41) is 10.4. The fourth-order valence-electron chi connectivity index (χ4n) is 5.93. The standard InChI is InChI=1S/C24H32N4O5/c1-25-9-7-18(8-10-25)26-14-24(15-26)23(32)27(21(30)20-11-19(29)13-28(20)24)12-16-3-5-17(6-4-16)22(31)33-2/h3-6,18-20,29H,7-15H2,1-2H3/t19-,20+/m1/s1. The number of rotatable bonds is 4. The third-order valence-corrected chi connectivity index (χ3v) is 7.87. The molecule has 0 aromatic heterocycles. The van der Waals surface area contributed by atoms with Gasteiger partial charge in [0.05, 0.1) is 31.4 Å². The first-order valence-corrected chi connectivity index (χ1v) is 11.7. The highest BCUT2D eigenvalue weighted by molar-refractivity contribution is 6.06. The molecule has 0 aliphatic carbocycles. The lowest BCUT2D eigenvalue weighted by Gasteiger charge is -2.60. The number of aliphatic hydroxyl groups excluding tert-OH is 1. The number of carbonyl (C=O) groups excluding carboxylic acids is 3. The Kier molecular flexibility index (Phi) is 5.76. The first-order valence-electron chi connectivity index (χ1n) is 11.7. The highest BCUT2D eigenvalue weighted by atomic mass is 16.5. The van der Waals surface area contributed by atoms with E-state index in [2.05, 4.69) is 16.8 Å². The molecule has 9 nitrogen and oxygen atoms in total. The molecule has 9 heteroatoms. The minimum atomic E-state index is -0.745. The number of esters is 1. The molecule has 1 spiro atoms. The van der Waals surface area contributed by atoms with Crippen molar-refractivity contribution in [2.24, 2.45) is 0 Å². The van der Waals surface area contributed by atoms with Gasteiger partial charge < -0.3 is 14.7 Å². The molecule has 1 aromatic carbocycles. The van der Waals surface area contributed by atoms with E-state index in [0.717, 1.165) is 31.5 Å². The molecule has 1 N–H and O–H groups in total. The number of amides is 2. The van der Waals surface area contributed by atoms with Crippen LogP contribution in [0, 0.1) is 0 Å². The third-order valence-electron chi connectivity index (χ3n) is 7.87.